The average Bonchev–Trinajstić information content (AvgIpc) is 2.39. The molecule has 0 aliphatic carbocycles. The van der Waals surface area contributed by atoms with Gasteiger partial charge in [0.15, 0.2) is 0 Å². The fourth-order valence-electron chi connectivity index (χ4n) is 1.73. The van der Waals surface area contributed by atoms with E-state index in [9.17, 15) is 9.59 Å². The lowest BCUT2D eigenvalue weighted by molar-refractivity contribution is -0.141. The maximum absolute atomic E-state index is 11.7. The van der Waals surface area contributed by atoms with E-state index in [4.69, 9.17) is 28.3 Å². The highest BCUT2D eigenvalue weighted by Crippen LogP contribution is 2.19. The highest BCUT2D eigenvalue weighted by molar-refractivity contribution is 6.34. The lowest BCUT2D eigenvalue weighted by Crippen LogP contribution is -2.39. The molecular formula is C15H17Cl2NO3. The van der Waals surface area contributed by atoms with E-state index in [1.165, 1.54) is 12.2 Å². The number of unbranched alkanes of at least 4 members (excludes halogenated alkanes) is 1. The first-order valence-electron chi connectivity index (χ1n) is 6.60. The number of carbonyl (C=O) groups excluding carboxylic acids is 1. The largest absolute Gasteiger partial charge is 0.480 e. The number of aliphatic carboxylic acids is 1. The van der Waals surface area contributed by atoms with E-state index in [0.717, 1.165) is 12.8 Å². The van der Waals surface area contributed by atoms with Crippen molar-refractivity contribution in [3.63, 3.8) is 0 Å². The van der Waals surface area contributed by atoms with Crippen LogP contribution in [0.25, 0.3) is 6.08 Å². The van der Waals surface area contributed by atoms with E-state index in [-0.39, 0.29) is 0 Å². The molecule has 6 heteroatoms. The van der Waals surface area contributed by atoms with Crippen molar-refractivity contribution in [2.45, 2.75) is 32.2 Å². The number of amides is 1. The Hall–Kier alpha value is -1.52. The molecule has 0 saturated heterocycles. The molecule has 1 aromatic carbocycles. The first-order valence-corrected chi connectivity index (χ1v) is 7.35. The van der Waals surface area contributed by atoms with Crippen LogP contribution in [-0.4, -0.2) is 23.0 Å². The average molecular weight is 330 g/mol. The molecular weight excluding hydrogens is 313 g/mol. The fraction of sp³-hybridized carbons (Fsp3) is 0.333. The number of hydrogen-bond donors (Lipinski definition) is 2. The van der Waals surface area contributed by atoms with Crippen LogP contribution in [0, 0.1) is 0 Å². The Bertz CT molecular complexity index is 523. The van der Waals surface area contributed by atoms with Gasteiger partial charge in [-0.05, 0) is 36.3 Å². The van der Waals surface area contributed by atoms with Gasteiger partial charge < -0.3 is 10.4 Å². The van der Waals surface area contributed by atoms with Gasteiger partial charge in [0, 0.05) is 16.1 Å². The number of rotatable bonds is 7. The first kappa shape index (κ1) is 17.5. The van der Waals surface area contributed by atoms with Gasteiger partial charge in [0.25, 0.3) is 0 Å². The maximum Gasteiger partial charge on any atom is 0.326 e. The molecule has 0 bridgehead atoms. The van der Waals surface area contributed by atoms with Crippen molar-refractivity contribution >= 4 is 41.2 Å². The zero-order valence-electron chi connectivity index (χ0n) is 11.6. The highest BCUT2D eigenvalue weighted by atomic mass is 35.5. The summed E-state index contributed by atoms with van der Waals surface area (Å²) in [6.45, 7) is 1.96. The molecule has 1 rings (SSSR count). The van der Waals surface area contributed by atoms with E-state index in [0.29, 0.717) is 22.0 Å². The number of carbonyl (C=O) groups is 2. The van der Waals surface area contributed by atoms with Gasteiger partial charge in [-0.25, -0.2) is 4.79 Å². The zero-order chi connectivity index (χ0) is 15.8. The summed E-state index contributed by atoms with van der Waals surface area (Å²) in [4.78, 5) is 22.8. The number of benzene rings is 1. The fourth-order valence-corrected chi connectivity index (χ4v) is 2.27. The van der Waals surface area contributed by atoms with Crippen LogP contribution in [0.2, 0.25) is 10.0 Å². The number of hydrogen-bond acceptors (Lipinski definition) is 2. The van der Waals surface area contributed by atoms with Crippen molar-refractivity contribution in [3.8, 4) is 0 Å². The molecule has 0 unspecified atom stereocenters. The minimum Gasteiger partial charge on any atom is -0.480 e. The van der Waals surface area contributed by atoms with Crippen LogP contribution in [0.15, 0.2) is 24.3 Å². The van der Waals surface area contributed by atoms with E-state index >= 15 is 0 Å². The number of nitrogens with one attached hydrogen (secondary N) is 1. The number of carboxylic acids is 1. The molecule has 4 nitrogen and oxygen atoms in total. The molecule has 0 aliphatic rings. The maximum atomic E-state index is 11.7. The van der Waals surface area contributed by atoms with Crippen molar-refractivity contribution in [1.82, 2.24) is 5.32 Å². The summed E-state index contributed by atoms with van der Waals surface area (Å²) in [5, 5.41) is 12.4. The third kappa shape index (κ3) is 6.65. The molecule has 0 heterocycles. The van der Waals surface area contributed by atoms with Crippen LogP contribution in [0.4, 0.5) is 0 Å². The van der Waals surface area contributed by atoms with Crippen molar-refractivity contribution in [2.24, 2.45) is 0 Å². The van der Waals surface area contributed by atoms with Crippen molar-refractivity contribution in [2.75, 3.05) is 0 Å². The normalized spacial score (nSPS) is 12.3. The second kappa shape index (κ2) is 8.70. The smallest absolute Gasteiger partial charge is 0.326 e. The van der Waals surface area contributed by atoms with E-state index in [2.05, 4.69) is 5.32 Å². The number of carboxylic acid groups (broad SMARTS) is 1. The second-order valence-corrected chi connectivity index (χ2v) is 5.45. The Morgan fingerprint density at radius 1 is 1.29 bits per heavy atom. The molecule has 114 valence electrons. The third-order valence-corrected chi connectivity index (χ3v) is 3.21. The van der Waals surface area contributed by atoms with Gasteiger partial charge >= 0.3 is 5.97 Å². The van der Waals surface area contributed by atoms with E-state index in [1.54, 1.807) is 18.2 Å². The minimum atomic E-state index is -1.03. The van der Waals surface area contributed by atoms with Crippen LogP contribution in [0.3, 0.4) is 0 Å². The second-order valence-electron chi connectivity index (χ2n) is 4.58. The predicted molar refractivity (Wildman–Crippen MR) is 84.6 cm³/mol. The monoisotopic (exact) mass is 329 g/mol. The predicted octanol–water partition coefficient (Wildman–Crippen LogP) is 3.77. The Labute approximate surface area is 133 Å². The lowest BCUT2D eigenvalue weighted by atomic mass is 10.1. The van der Waals surface area contributed by atoms with Gasteiger partial charge in [-0.1, -0.05) is 43.0 Å². The minimum absolute atomic E-state index is 0.411. The van der Waals surface area contributed by atoms with Gasteiger partial charge in [-0.2, -0.15) is 0 Å². The van der Waals surface area contributed by atoms with Crippen LogP contribution in [0.5, 0.6) is 0 Å². The molecule has 0 aliphatic heterocycles. The summed E-state index contributed by atoms with van der Waals surface area (Å²) in [6.07, 6.45) is 4.82. The first-order chi connectivity index (χ1) is 9.92. The Morgan fingerprint density at radius 2 is 1.90 bits per heavy atom. The quantitative estimate of drug-likeness (QED) is 0.748. The molecule has 21 heavy (non-hydrogen) atoms. The van der Waals surface area contributed by atoms with Crippen LogP contribution >= 0.6 is 23.2 Å². The van der Waals surface area contributed by atoms with Gasteiger partial charge in [0.05, 0.1) is 0 Å². The highest BCUT2D eigenvalue weighted by Gasteiger charge is 2.17. The summed E-state index contributed by atoms with van der Waals surface area (Å²) < 4.78 is 0. The molecule has 0 fully saturated rings. The van der Waals surface area contributed by atoms with E-state index in [1.807, 2.05) is 6.92 Å². The van der Waals surface area contributed by atoms with Crippen molar-refractivity contribution < 1.29 is 14.7 Å². The molecule has 1 aromatic rings. The number of halogens is 2. The Balaban J connectivity index is 2.66. The summed E-state index contributed by atoms with van der Waals surface area (Å²) in [5.41, 5.74) is 0.670. The summed E-state index contributed by atoms with van der Waals surface area (Å²) >= 11 is 11.7. The van der Waals surface area contributed by atoms with E-state index < -0.39 is 17.9 Å². The molecule has 0 spiro atoms. The van der Waals surface area contributed by atoms with Crippen molar-refractivity contribution in [1.29, 1.82) is 0 Å². The van der Waals surface area contributed by atoms with Crippen LogP contribution in [0.1, 0.15) is 31.7 Å². The molecule has 0 aromatic heterocycles. The zero-order valence-corrected chi connectivity index (χ0v) is 13.1. The SMILES string of the molecule is CCCC[C@H](NC(=O)/C=C/c1cc(Cl)cc(Cl)c1)C(=O)O. The van der Waals surface area contributed by atoms with Crippen LogP contribution in [-0.2, 0) is 9.59 Å². The molecule has 2 N–H and O–H groups in total. The summed E-state index contributed by atoms with van der Waals surface area (Å²) in [5.74, 6) is -1.49. The molecule has 1 atom stereocenters. The topological polar surface area (TPSA) is 66.4 Å². The Kier molecular flexibility index (Phi) is 7.26. The molecule has 1 amide bonds. The summed E-state index contributed by atoms with van der Waals surface area (Å²) in [7, 11) is 0. The Morgan fingerprint density at radius 3 is 2.43 bits per heavy atom. The van der Waals surface area contributed by atoms with Gasteiger partial charge in [-0.15, -0.1) is 0 Å². The van der Waals surface area contributed by atoms with Gasteiger partial charge in [0.1, 0.15) is 6.04 Å². The van der Waals surface area contributed by atoms with Crippen molar-refractivity contribution in [3.05, 3.63) is 39.9 Å². The lowest BCUT2D eigenvalue weighted by Gasteiger charge is -2.12. The van der Waals surface area contributed by atoms with Crippen LogP contribution < -0.4 is 5.32 Å². The van der Waals surface area contributed by atoms with Gasteiger partial charge in [-0.3, -0.25) is 4.79 Å². The molecule has 0 radical (unpaired) electrons. The molecule has 0 saturated carbocycles. The summed E-state index contributed by atoms with van der Waals surface area (Å²) in [6, 6.07) is 4.03. The third-order valence-electron chi connectivity index (χ3n) is 2.77. The standard InChI is InChI=1S/C15H17Cl2NO3/c1-2-3-4-13(15(20)21)18-14(19)6-5-10-7-11(16)9-12(17)8-10/h5-9,13H,2-4H2,1H3,(H,18,19)(H,20,21)/b6-5+/t13-/m0/s1. The van der Waals surface area contributed by atoms with Gasteiger partial charge in [0.2, 0.25) is 5.91 Å².